The van der Waals surface area contributed by atoms with Gasteiger partial charge in [-0.05, 0) is 36.4 Å². The highest BCUT2D eigenvalue weighted by Gasteiger charge is 2.22. The number of carbonyl (C=O) groups is 1. The maximum absolute atomic E-state index is 13.0. The number of ether oxygens (including phenoxy) is 1. The first-order chi connectivity index (χ1) is 16.3. The SMILES string of the molecule is COc1c(Cl)ccc2sc(N3CCN(CCNC(=O)CS(=O)(=O)c4ccc(F)cc4)CC3)nc12. The lowest BCUT2D eigenvalue weighted by Gasteiger charge is -2.34. The zero-order valence-corrected chi connectivity index (χ0v) is 20.8. The molecule has 0 aliphatic carbocycles. The van der Waals surface area contributed by atoms with Gasteiger partial charge >= 0.3 is 0 Å². The number of nitrogens with zero attached hydrogens (tertiary/aromatic N) is 3. The van der Waals surface area contributed by atoms with Crippen LogP contribution >= 0.6 is 22.9 Å². The first-order valence-corrected chi connectivity index (χ1v) is 13.5. The van der Waals surface area contributed by atoms with Crippen LogP contribution in [0.4, 0.5) is 9.52 Å². The fourth-order valence-corrected chi connectivity index (χ4v) is 6.14. The number of rotatable bonds is 8. The quantitative estimate of drug-likeness (QED) is 0.451. The minimum Gasteiger partial charge on any atom is -0.493 e. The molecular weight excluding hydrogens is 503 g/mol. The van der Waals surface area contributed by atoms with E-state index in [1.807, 2.05) is 12.1 Å². The largest absolute Gasteiger partial charge is 0.493 e. The van der Waals surface area contributed by atoms with Gasteiger partial charge in [-0.3, -0.25) is 9.69 Å². The summed E-state index contributed by atoms with van der Waals surface area (Å²) in [6, 6.07) is 8.19. The van der Waals surface area contributed by atoms with Gasteiger partial charge in [0.25, 0.3) is 0 Å². The summed E-state index contributed by atoms with van der Waals surface area (Å²) in [6.07, 6.45) is 0. The number of piperazine rings is 1. The van der Waals surface area contributed by atoms with E-state index in [0.717, 1.165) is 65.8 Å². The lowest BCUT2D eigenvalue weighted by atomic mass is 10.3. The minimum atomic E-state index is -3.81. The molecule has 3 aromatic rings. The molecule has 4 rings (SSSR count). The lowest BCUT2D eigenvalue weighted by Crippen LogP contribution is -2.48. The van der Waals surface area contributed by atoms with E-state index in [2.05, 4.69) is 15.1 Å². The summed E-state index contributed by atoms with van der Waals surface area (Å²) >= 11 is 7.80. The Hall–Kier alpha value is -2.47. The second kappa shape index (κ2) is 10.4. The van der Waals surface area contributed by atoms with Gasteiger partial charge in [0.05, 0.1) is 21.7 Å². The molecule has 0 atom stereocenters. The van der Waals surface area contributed by atoms with E-state index >= 15 is 0 Å². The van der Waals surface area contributed by atoms with Gasteiger partial charge in [-0.25, -0.2) is 17.8 Å². The maximum Gasteiger partial charge on any atom is 0.235 e. The number of amides is 1. The average Bonchev–Trinajstić information content (AvgIpc) is 3.24. The highest BCUT2D eigenvalue weighted by atomic mass is 35.5. The Kier molecular flexibility index (Phi) is 7.56. The van der Waals surface area contributed by atoms with Crippen LogP contribution in [0.1, 0.15) is 0 Å². The van der Waals surface area contributed by atoms with Crippen LogP contribution < -0.4 is 15.0 Å². The smallest absolute Gasteiger partial charge is 0.235 e. The zero-order chi connectivity index (χ0) is 24.3. The van der Waals surface area contributed by atoms with Crippen molar-refractivity contribution in [2.24, 2.45) is 0 Å². The van der Waals surface area contributed by atoms with Gasteiger partial charge in [-0.15, -0.1) is 0 Å². The molecule has 1 saturated heterocycles. The van der Waals surface area contributed by atoms with Crippen LogP contribution in [0.25, 0.3) is 10.2 Å². The van der Waals surface area contributed by atoms with Crippen molar-refractivity contribution in [3.05, 3.63) is 47.2 Å². The number of hydrogen-bond acceptors (Lipinski definition) is 8. The number of hydrogen-bond donors (Lipinski definition) is 1. The molecule has 1 aromatic heterocycles. The molecule has 1 aliphatic rings. The molecule has 1 amide bonds. The Labute approximate surface area is 206 Å². The maximum atomic E-state index is 13.0. The number of aromatic nitrogens is 1. The first-order valence-electron chi connectivity index (χ1n) is 10.6. The van der Waals surface area contributed by atoms with Crippen molar-refractivity contribution >= 4 is 54.0 Å². The third kappa shape index (κ3) is 5.60. The summed E-state index contributed by atoms with van der Waals surface area (Å²) < 4.78 is 44.0. The number of fused-ring (bicyclic) bond motifs is 1. The predicted octanol–water partition coefficient (Wildman–Crippen LogP) is 2.81. The average molecular weight is 527 g/mol. The van der Waals surface area contributed by atoms with E-state index in [1.165, 1.54) is 0 Å². The van der Waals surface area contributed by atoms with Crippen LogP contribution in [-0.2, 0) is 14.6 Å². The first kappa shape index (κ1) is 24.6. The summed E-state index contributed by atoms with van der Waals surface area (Å²) in [6.45, 7) is 4.09. The van der Waals surface area contributed by atoms with Crippen molar-refractivity contribution in [3.8, 4) is 5.75 Å². The van der Waals surface area contributed by atoms with Crippen LogP contribution in [0.3, 0.4) is 0 Å². The third-order valence-electron chi connectivity index (χ3n) is 5.55. The van der Waals surface area contributed by atoms with Gasteiger partial charge in [0.15, 0.2) is 20.7 Å². The normalized spacial score (nSPS) is 15.0. The van der Waals surface area contributed by atoms with Gasteiger partial charge < -0.3 is 15.0 Å². The highest BCUT2D eigenvalue weighted by Crippen LogP contribution is 2.38. The molecule has 0 bridgehead atoms. The van der Waals surface area contributed by atoms with Crippen molar-refractivity contribution < 1.29 is 22.3 Å². The van der Waals surface area contributed by atoms with E-state index < -0.39 is 27.3 Å². The molecule has 0 saturated carbocycles. The monoisotopic (exact) mass is 526 g/mol. The summed E-state index contributed by atoms with van der Waals surface area (Å²) in [5.41, 5.74) is 0.760. The van der Waals surface area contributed by atoms with Crippen LogP contribution in [0.2, 0.25) is 5.02 Å². The van der Waals surface area contributed by atoms with Gasteiger partial charge in [0.2, 0.25) is 5.91 Å². The Balaban J connectivity index is 1.24. The second-order valence-corrected chi connectivity index (χ2v) is 11.2. The third-order valence-corrected chi connectivity index (χ3v) is 8.56. The zero-order valence-electron chi connectivity index (χ0n) is 18.5. The fourth-order valence-electron chi connectivity index (χ4n) is 3.73. The van der Waals surface area contributed by atoms with Crippen LogP contribution in [-0.4, -0.2) is 76.3 Å². The van der Waals surface area contributed by atoms with Crippen molar-refractivity contribution in [1.29, 1.82) is 0 Å². The molecule has 34 heavy (non-hydrogen) atoms. The van der Waals surface area contributed by atoms with Crippen LogP contribution in [0.5, 0.6) is 5.75 Å². The van der Waals surface area contributed by atoms with E-state index in [0.29, 0.717) is 23.9 Å². The highest BCUT2D eigenvalue weighted by molar-refractivity contribution is 7.92. The topological polar surface area (TPSA) is 91.8 Å². The molecule has 0 spiro atoms. The lowest BCUT2D eigenvalue weighted by molar-refractivity contribution is -0.118. The number of nitrogens with one attached hydrogen (secondary N) is 1. The van der Waals surface area contributed by atoms with Crippen molar-refractivity contribution in [2.45, 2.75) is 4.90 Å². The number of anilines is 1. The molecule has 182 valence electrons. The Morgan fingerprint density at radius 2 is 1.88 bits per heavy atom. The molecule has 2 heterocycles. The van der Waals surface area contributed by atoms with E-state index in [-0.39, 0.29) is 4.90 Å². The standard InChI is InChI=1S/C22H24ClFN4O4S2/c1-32-21-17(23)6-7-18-20(21)26-22(33-18)28-12-10-27(11-13-28)9-8-25-19(29)14-34(30,31)16-4-2-15(24)3-5-16/h2-7H,8-14H2,1H3,(H,25,29). The molecule has 1 aliphatic heterocycles. The van der Waals surface area contributed by atoms with Gasteiger partial charge in [-0.2, -0.15) is 0 Å². The molecule has 1 N–H and O–H groups in total. The fraction of sp³-hybridized carbons (Fsp3) is 0.364. The molecule has 8 nitrogen and oxygen atoms in total. The minimum absolute atomic E-state index is 0.0742. The van der Waals surface area contributed by atoms with Crippen LogP contribution in [0.15, 0.2) is 41.3 Å². The van der Waals surface area contributed by atoms with E-state index in [4.69, 9.17) is 21.3 Å². The summed E-state index contributed by atoms with van der Waals surface area (Å²) in [5.74, 6) is -1.20. The van der Waals surface area contributed by atoms with Gasteiger partial charge in [0.1, 0.15) is 17.1 Å². The molecule has 1 fully saturated rings. The summed E-state index contributed by atoms with van der Waals surface area (Å²) in [7, 11) is -2.23. The molecule has 12 heteroatoms. The van der Waals surface area contributed by atoms with Crippen LogP contribution in [0, 0.1) is 5.82 Å². The Morgan fingerprint density at radius 1 is 1.18 bits per heavy atom. The van der Waals surface area contributed by atoms with Crippen molar-refractivity contribution in [2.75, 3.05) is 57.0 Å². The number of methoxy groups -OCH3 is 1. The number of sulfone groups is 1. The number of thiazole rings is 1. The van der Waals surface area contributed by atoms with Gasteiger partial charge in [-0.1, -0.05) is 22.9 Å². The van der Waals surface area contributed by atoms with Crippen molar-refractivity contribution in [1.82, 2.24) is 15.2 Å². The predicted molar refractivity (Wildman–Crippen MR) is 131 cm³/mol. The summed E-state index contributed by atoms with van der Waals surface area (Å²) in [5, 5.41) is 4.10. The number of carbonyl (C=O) groups excluding carboxylic acids is 1. The van der Waals surface area contributed by atoms with E-state index in [1.54, 1.807) is 18.4 Å². The molecule has 2 aromatic carbocycles. The second-order valence-electron chi connectivity index (χ2n) is 7.82. The number of halogens is 2. The van der Waals surface area contributed by atoms with Crippen molar-refractivity contribution in [3.63, 3.8) is 0 Å². The summed E-state index contributed by atoms with van der Waals surface area (Å²) in [4.78, 5) is 21.2. The van der Waals surface area contributed by atoms with E-state index in [9.17, 15) is 17.6 Å². The molecule has 0 unspecified atom stereocenters. The van der Waals surface area contributed by atoms with Gasteiger partial charge in [0, 0.05) is 39.3 Å². The molecular formula is C22H24ClFN4O4S2. The number of benzene rings is 2. The Morgan fingerprint density at radius 3 is 2.56 bits per heavy atom. The molecule has 0 radical (unpaired) electrons. The Bertz CT molecular complexity index is 1280.